The second-order valence-corrected chi connectivity index (χ2v) is 9.46. The van der Waals surface area contributed by atoms with Crippen LogP contribution in [0, 0.1) is 6.92 Å². The number of sulfone groups is 1. The van der Waals surface area contributed by atoms with Gasteiger partial charge in [-0.15, -0.1) is 0 Å². The number of aryl methyl sites for hydroxylation is 1. The molecular weight excluding hydrogens is 370 g/mol. The number of aromatic nitrogens is 1. The van der Waals surface area contributed by atoms with Crippen LogP contribution in [0.4, 0.5) is 0 Å². The summed E-state index contributed by atoms with van der Waals surface area (Å²) in [5, 5.41) is 8.92. The van der Waals surface area contributed by atoms with Gasteiger partial charge >= 0.3 is 0 Å². The number of nitrogens with zero attached hydrogens (tertiary/aromatic N) is 1. The number of hydrogen-bond donors (Lipinski definition) is 1. The van der Waals surface area contributed by atoms with Gasteiger partial charge in [0, 0.05) is 17.8 Å². The van der Waals surface area contributed by atoms with E-state index in [0.717, 1.165) is 17.5 Å². The Morgan fingerprint density at radius 2 is 1.79 bits per heavy atom. The monoisotopic (exact) mass is 393 g/mol. The van der Waals surface area contributed by atoms with Gasteiger partial charge in [0.1, 0.15) is 0 Å². The molecule has 1 aliphatic carbocycles. The van der Waals surface area contributed by atoms with E-state index in [9.17, 15) is 8.42 Å². The van der Waals surface area contributed by atoms with Crippen LogP contribution in [0.1, 0.15) is 35.1 Å². The van der Waals surface area contributed by atoms with Gasteiger partial charge in [-0.05, 0) is 59.7 Å². The van der Waals surface area contributed by atoms with Gasteiger partial charge in [0.05, 0.1) is 17.3 Å². The summed E-state index contributed by atoms with van der Waals surface area (Å²) < 4.78 is 24.1. The lowest BCUT2D eigenvalue weighted by atomic mass is 9.99. The van der Waals surface area contributed by atoms with E-state index < -0.39 is 9.84 Å². The van der Waals surface area contributed by atoms with Crippen molar-refractivity contribution in [2.45, 2.75) is 30.1 Å². The molecular formula is C23H23NO3S. The summed E-state index contributed by atoms with van der Waals surface area (Å²) in [7, 11) is -3.42. The second-order valence-electron chi connectivity index (χ2n) is 7.35. The van der Waals surface area contributed by atoms with Gasteiger partial charge in [0.15, 0.2) is 9.84 Å². The van der Waals surface area contributed by atoms with E-state index in [-0.39, 0.29) is 17.3 Å². The average Bonchev–Trinajstić information content (AvgIpc) is 3.49. The fourth-order valence-electron chi connectivity index (χ4n) is 3.79. The average molecular weight is 394 g/mol. The molecule has 1 fully saturated rings. The highest BCUT2D eigenvalue weighted by molar-refractivity contribution is 7.91. The summed E-state index contributed by atoms with van der Waals surface area (Å²) in [6.45, 7) is 1.74. The summed E-state index contributed by atoms with van der Waals surface area (Å²) in [6, 6.07) is 19.4. The molecule has 1 aliphatic rings. The molecule has 2 aromatic carbocycles. The van der Waals surface area contributed by atoms with Crippen molar-refractivity contribution < 1.29 is 13.5 Å². The Hall–Kier alpha value is -2.50. The smallest absolute Gasteiger partial charge is 0.180 e. The van der Waals surface area contributed by atoms with Crippen molar-refractivity contribution in [2.24, 2.45) is 0 Å². The predicted molar refractivity (Wildman–Crippen MR) is 110 cm³/mol. The van der Waals surface area contributed by atoms with Crippen LogP contribution in [0.3, 0.4) is 0 Å². The van der Waals surface area contributed by atoms with E-state index in [2.05, 4.69) is 36.2 Å². The van der Waals surface area contributed by atoms with Crippen LogP contribution in [0.25, 0.3) is 11.1 Å². The maximum atomic E-state index is 12.1. The largest absolute Gasteiger partial charge is 0.395 e. The molecule has 0 aliphatic heterocycles. The fourth-order valence-corrected chi connectivity index (χ4v) is 4.82. The lowest BCUT2D eigenvalue weighted by Crippen LogP contribution is -2.09. The number of hydrogen-bond acceptors (Lipinski definition) is 4. The Bertz CT molecular complexity index is 1090. The molecule has 28 heavy (non-hydrogen) atoms. The molecule has 0 saturated heterocycles. The van der Waals surface area contributed by atoms with Gasteiger partial charge in [0.2, 0.25) is 0 Å². The molecule has 144 valence electrons. The second kappa shape index (κ2) is 7.49. The van der Waals surface area contributed by atoms with Gasteiger partial charge in [-0.2, -0.15) is 0 Å². The lowest BCUT2D eigenvalue weighted by Gasteiger charge is -2.08. The van der Waals surface area contributed by atoms with Crippen LogP contribution in [0.15, 0.2) is 71.8 Å². The van der Waals surface area contributed by atoms with Gasteiger partial charge in [-0.1, -0.05) is 42.5 Å². The summed E-state index contributed by atoms with van der Waals surface area (Å²) in [4.78, 5) is 4.81. The summed E-state index contributed by atoms with van der Waals surface area (Å²) in [5.74, 6) is 0.706. The van der Waals surface area contributed by atoms with Crippen molar-refractivity contribution in [3.63, 3.8) is 0 Å². The van der Waals surface area contributed by atoms with E-state index in [1.165, 1.54) is 16.8 Å². The Morgan fingerprint density at radius 3 is 2.50 bits per heavy atom. The van der Waals surface area contributed by atoms with Crippen molar-refractivity contribution in [1.29, 1.82) is 0 Å². The molecule has 4 rings (SSSR count). The Morgan fingerprint density at radius 1 is 1.00 bits per heavy atom. The first-order chi connectivity index (χ1) is 13.5. The minimum atomic E-state index is -3.42. The van der Waals surface area contributed by atoms with E-state index in [1.54, 1.807) is 12.1 Å². The number of pyridine rings is 1. The van der Waals surface area contributed by atoms with Gasteiger partial charge in [0.25, 0.3) is 0 Å². The van der Waals surface area contributed by atoms with Crippen LogP contribution in [-0.4, -0.2) is 30.9 Å². The zero-order chi connectivity index (χ0) is 19.7. The normalized spacial score (nSPS) is 18.8. The van der Waals surface area contributed by atoms with Crippen LogP contribution < -0.4 is 0 Å². The van der Waals surface area contributed by atoms with Crippen molar-refractivity contribution >= 4 is 9.84 Å². The van der Waals surface area contributed by atoms with Crippen molar-refractivity contribution in [3.05, 3.63) is 83.7 Å². The Kier molecular flexibility index (Phi) is 5.04. The number of aliphatic hydroxyl groups is 1. The molecule has 2 atom stereocenters. The molecule has 0 unspecified atom stereocenters. The van der Waals surface area contributed by atoms with Crippen molar-refractivity contribution in [3.8, 4) is 11.1 Å². The zero-order valence-corrected chi connectivity index (χ0v) is 16.6. The minimum Gasteiger partial charge on any atom is -0.395 e. The standard InChI is InChI=1S/C23H23NO3S/c1-16-4-3-11-24-23(16)22-15-21(22)19-6-2-5-18(14-19)17-7-9-20(10-8-17)28(26,27)13-12-25/h2-11,14,21-22,25H,12-13,15H2,1H3/t21-,22-/m0/s1. The summed E-state index contributed by atoms with van der Waals surface area (Å²) in [5.41, 5.74) is 5.79. The first-order valence-corrected chi connectivity index (χ1v) is 11.1. The third-order valence-electron chi connectivity index (χ3n) is 5.41. The predicted octanol–water partition coefficient (Wildman–Crippen LogP) is 4.09. The molecule has 0 bridgehead atoms. The highest BCUT2D eigenvalue weighted by Crippen LogP contribution is 2.55. The first-order valence-electron chi connectivity index (χ1n) is 9.45. The highest BCUT2D eigenvalue weighted by atomic mass is 32.2. The molecule has 0 spiro atoms. The Labute approximate surface area is 165 Å². The minimum absolute atomic E-state index is 0.245. The van der Waals surface area contributed by atoms with E-state index in [0.29, 0.717) is 11.8 Å². The van der Waals surface area contributed by atoms with E-state index >= 15 is 0 Å². The Balaban J connectivity index is 1.56. The highest BCUT2D eigenvalue weighted by Gasteiger charge is 2.41. The summed E-state index contributed by atoms with van der Waals surface area (Å²) in [6.07, 6.45) is 2.97. The van der Waals surface area contributed by atoms with Gasteiger partial charge in [-0.3, -0.25) is 4.98 Å². The number of benzene rings is 2. The molecule has 1 saturated carbocycles. The summed E-state index contributed by atoms with van der Waals surface area (Å²) >= 11 is 0. The quantitative estimate of drug-likeness (QED) is 0.685. The molecule has 3 aromatic rings. The molecule has 1 heterocycles. The van der Waals surface area contributed by atoms with E-state index in [1.807, 2.05) is 30.5 Å². The molecule has 4 nitrogen and oxygen atoms in total. The molecule has 1 aromatic heterocycles. The zero-order valence-electron chi connectivity index (χ0n) is 15.7. The topological polar surface area (TPSA) is 67.3 Å². The molecule has 1 N–H and O–H groups in total. The number of aliphatic hydroxyl groups excluding tert-OH is 1. The first kappa shape index (κ1) is 18.8. The van der Waals surface area contributed by atoms with Crippen LogP contribution in [0.2, 0.25) is 0 Å². The van der Waals surface area contributed by atoms with Crippen LogP contribution in [-0.2, 0) is 9.84 Å². The fraction of sp³-hybridized carbons (Fsp3) is 0.261. The maximum absolute atomic E-state index is 12.1. The van der Waals surface area contributed by atoms with E-state index in [4.69, 9.17) is 5.11 Å². The SMILES string of the molecule is Cc1cccnc1[C@H]1C[C@H]1c1cccc(-c2ccc(S(=O)(=O)CCO)cc2)c1. The molecule has 0 radical (unpaired) electrons. The number of rotatable bonds is 6. The third kappa shape index (κ3) is 3.73. The van der Waals surface area contributed by atoms with Crippen LogP contribution in [0.5, 0.6) is 0 Å². The molecule has 0 amide bonds. The third-order valence-corrected chi connectivity index (χ3v) is 7.12. The van der Waals surface area contributed by atoms with Crippen molar-refractivity contribution in [2.75, 3.05) is 12.4 Å². The maximum Gasteiger partial charge on any atom is 0.180 e. The van der Waals surface area contributed by atoms with Crippen LogP contribution >= 0.6 is 0 Å². The molecule has 5 heteroatoms. The van der Waals surface area contributed by atoms with Crippen molar-refractivity contribution in [1.82, 2.24) is 4.98 Å². The van der Waals surface area contributed by atoms with Gasteiger partial charge < -0.3 is 5.11 Å². The lowest BCUT2D eigenvalue weighted by molar-refractivity contribution is 0.319. The van der Waals surface area contributed by atoms with Gasteiger partial charge in [-0.25, -0.2) is 8.42 Å².